The van der Waals surface area contributed by atoms with Gasteiger partial charge in [-0.25, -0.2) is 0 Å². The van der Waals surface area contributed by atoms with Gasteiger partial charge in [-0.2, -0.15) is 0 Å². The number of aliphatic hydroxyl groups is 2. The van der Waals surface area contributed by atoms with E-state index in [9.17, 15) is 19.8 Å². The first-order valence-corrected chi connectivity index (χ1v) is 25.6. The molecule has 0 aromatic carbocycles. The number of esters is 1. The first kappa shape index (κ1) is 56.3. The van der Waals surface area contributed by atoms with Crippen molar-refractivity contribution in [1.82, 2.24) is 5.32 Å². The van der Waals surface area contributed by atoms with Crippen LogP contribution in [0.5, 0.6) is 0 Å². The third-order valence-electron chi connectivity index (χ3n) is 11.8. The van der Waals surface area contributed by atoms with Crippen molar-refractivity contribution in [3.8, 4) is 0 Å². The fourth-order valence-electron chi connectivity index (χ4n) is 7.82. The lowest BCUT2D eigenvalue weighted by molar-refractivity contribution is -0.151. The van der Waals surface area contributed by atoms with Gasteiger partial charge in [0.2, 0.25) is 5.91 Å². The monoisotopic (exact) mass is 818 g/mol. The maximum atomic E-state index is 13.2. The molecule has 0 bridgehead atoms. The summed E-state index contributed by atoms with van der Waals surface area (Å²) < 4.78 is 5.92. The SMILES string of the molecule is CCCC/C=C\CCCCCCCC(=O)OC(CCCCCCCCC/C=C/CCCCCCCC)CC(=O)NC(CO)C(O)CCCCCCCCCCCCC. The van der Waals surface area contributed by atoms with E-state index in [1.807, 2.05) is 0 Å². The van der Waals surface area contributed by atoms with Gasteiger partial charge in [-0.3, -0.25) is 9.59 Å². The number of amides is 1. The highest BCUT2D eigenvalue weighted by molar-refractivity contribution is 5.77. The van der Waals surface area contributed by atoms with Gasteiger partial charge in [0.15, 0.2) is 0 Å². The molecule has 0 rings (SSSR count). The molecule has 0 heterocycles. The Labute approximate surface area is 361 Å². The van der Waals surface area contributed by atoms with Crippen molar-refractivity contribution in [2.45, 2.75) is 289 Å². The Balaban J connectivity index is 4.56. The van der Waals surface area contributed by atoms with Gasteiger partial charge in [-0.05, 0) is 70.6 Å². The molecule has 0 aliphatic heterocycles. The molecule has 3 N–H and O–H groups in total. The average molecular weight is 818 g/mol. The third-order valence-corrected chi connectivity index (χ3v) is 11.8. The van der Waals surface area contributed by atoms with Gasteiger partial charge in [0.25, 0.3) is 0 Å². The first-order chi connectivity index (χ1) is 28.5. The number of nitrogens with one attached hydrogen (secondary N) is 1. The van der Waals surface area contributed by atoms with E-state index < -0.39 is 18.2 Å². The molecule has 0 aromatic rings. The van der Waals surface area contributed by atoms with Crippen LogP contribution in [-0.4, -0.2) is 46.9 Å². The summed E-state index contributed by atoms with van der Waals surface area (Å²) in [5, 5.41) is 23.7. The van der Waals surface area contributed by atoms with Crippen LogP contribution in [0.25, 0.3) is 0 Å². The van der Waals surface area contributed by atoms with E-state index in [0.717, 1.165) is 57.8 Å². The highest BCUT2D eigenvalue weighted by Crippen LogP contribution is 2.18. The maximum absolute atomic E-state index is 13.2. The lowest BCUT2D eigenvalue weighted by Gasteiger charge is -2.24. The zero-order valence-corrected chi connectivity index (χ0v) is 38.9. The summed E-state index contributed by atoms with van der Waals surface area (Å²) in [5.41, 5.74) is 0. The number of carbonyl (C=O) groups excluding carboxylic acids is 2. The van der Waals surface area contributed by atoms with E-state index in [1.54, 1.807) is 0 Å². The molecule has 6 nitrogen and oxygen atoms in total. The van der Waals surface area contributed by atoms with Crippen LogP contribution in [0, 0.1) is 0 Å². The number of rotatable bonds is 46. The molecule has 1 amide bonds. The smallest absolute Gasteiger partial charge is 0.306 e. The van der Waals surface area contributed by atoms with Crippen molar-refractivity contribution in [2.75, 3.05) is 6.61 Å². The molecule has 3 unspecified atom stereocenters. The van der Waals surface area contributed by atoms with Crippen molar-refractivity contribution in [2.24, 2.45) is 0 Å². The molecule has 342 valence electrons. The predicted octanol–water partition coefficient (Wildman–Crippen LogP) is 15.1. The van der Waals surface area contributed by atoms with Crippen molar-refractivity contribution in [3.63, 3.8) is 0 Å². The molecule has 0 fully saturated rings. The minimum atomic E-state index is -0.785. The average Bonchev–Trinajstić information content (AvgIpc) is 3.22. The number of aliphatic hydroxyl groups excluding tert-OH is 2. The molecule has 0 spiro atoms. The fraction of sp³-hybridized carbons (Fsp3) is 0.885. The number of carbonyl (C=O) groups is 2. The van der Waals surface area contributed by atoms with Crippen molar-refractivity contribution < 1.29 is 24.5 Å². The van der Waals surface area contributed by atoms with Gasteiger partial charge in [-0.15, -0.1) is 0 Å². The molecule has 0 aromatic heterocycles. The molecule has 58 heavy (non-hydrogen) atoms. The van der Waals surface area contributed by atoms with Crippen LogP contribution in [0.2, 0.25) is 0 Å². The molecule has 0 aliphatic carbocycles. The Kier molecular flexibility index (Phi) is 45.1. The molecule has 6 heteroatoms. The summed E-state index contributed by atoms with van der Waals surface area (Å²) >= 11 is 0. The van der Waals surface area contributed by atoms with E-state index in [1.165, 1.54) is 167 Å². The van der Waals surface area contributed by atoms with Gasteiger partial charge in [0, 0.05) is 6.42 Å². The predicted molar refractivity (Wildman–Crippen MR) is 250 cm³/mol. The van der Waals surface area contributed by atoms with Crippen molar-refractivity contribution in [3.05, 3.63) is 24.3 Å². The van der Waals surface area contributed by atoms with Gasteiger partial charge >= 0.3 is 5.97 Å². The Bertz CT molecular complexity index is 919. The molecular weight excluding hydrogens is 719 g/mol. The highest BCUT2D eigenvalue weighted by atomic mass is 16.5. The minimum absolute atomic E-state index is 0.0750. The summed E-state index contributed by atoms with van der Waals surface area (Å²) in [6.07, 6.45) is 52.4. The molecule has 3 atom stereocenters. The van der Waals surface area contributed by atoms with Crippen LogP contribution in [0.3, 0.4) is 0 Å². The van der Waals surface area contributed by atoms with Gasteiger partial charge in [0.1, 0.15) is 6.10 Å². The van der Waals surface area contributed by atoms with Crippen LogP contribution in [0.15, 0.2) is 24.3 Å². The second kappa shape index (κ2) is 46.4. The third kappa shape index (κ3) is 41.1. The van der Waals surface area contributed by atoms with E-state index in [4.69, 9.17) is 4.74 Å². The Morgan fingerprint density at radius 3 is 1.28 bits per heavy atom. The molecule has 0 saturated heterocycles. The van der Waals surface area contributed by atoms with Crippen LogP contribution in [0.4, 0.5) is 0 Å². The fourth-order valence-corrected chi connectivity index (χ4v) is 7.82. The Morgan fingerprint density at radius 2 is 0.845 bits per heavy atom. The normalized spacial score (nSPS) is 13.4. The topological polar surface area (TPSA) is 95.9 Å². The Hall–Kier alpha value is -1.66. The van der Waals surface area contributed by atoms with Crippen LogP contribution < -0.4 is 5.32 Å². The largest absolute Gasteiger partial charge is 0.462 e. The van der Waals surface area contributed by atoms with Crippen molar-refractivity contribution >= 4 is 11.9 Å². The van der Waals surface area contributed by atoms with E-state index in [2.05, 4.69) is 50.4 Å². The minimum Gasteiger partial charge on any atom is -0.462 e. The van der Waals surface area contributed by atoms with Crippen molar-refractivity contribution in [1.29, 1.82) is 0 Å². The maximum Gasteiger partial charge on any atom is 0.306 e. The number of hydrogen-bond acceptors (Lipinski definition) is 5. The number of unbranched alkanes of at least 4 members (excludes halogenated alkanes) is 30. The summed E-state index contributed by atoms with van der Waals surface area (Å²) in [6.45, 7) is 6.44. The van der Waals surface area contributed by atoms with E-state index in [0.29, 0.717) is 19.3 Å². The number of hydrogen-bond donors (Lipinski definition) is 3. The zero-order valence-electron chi connectivity index (χ0n) is 38.9. The lowest BCUT2D eigenvalue weighted by Crippen LogP contribution is -2.46. The lowest BCUT2D eigenvalue weighted by atomic mass is 10.0. The van der Waals surface area contributed by atoms with Crippen LogP contribution in [-0.2, 0) is 14.3 Å². The van der Waals surface area contributed by atoms with E-state index in [-0.39, 0.29) is 24.9 Å². The van der Waals surface area contributed by atoms with Gasteiger partial charge in [-0.1, -0.05) is 212 Å². The second-order valence-corrected chi connectivity index (χ2v) is 17.6. The Morgan fingerprint density at radius 1 is 0.483 bits per heavy atom. The summed E-state index contributed by atoms with van der Waals surface area (Å²) in [7, 11) is 0. The quantitative estimate of drug-likeness (QED) is 0.0323. The molecule has 0 radical (unpaired) electrons. The van der Waals surface area contributed by atoms with E-state index >= 15 is 0 Å². The molecule has 0 aliphatic rings. The van der Waals surface area contributed by atoms with Gasteiger partial charge in [0.05, 0.1) is 25.2 Å². The molecule has 0 saturated carbocycles. The van der Waals surface area contributed by atoms with Gasteiger partial charge < -0.3 is 20.3 Å². The van der Waals surface area contributed by atoms with Crippen LogP contribution >= 0.6 is 0 Å². The molecular formula is C52H99NO5. The second-order valence-electron chi connectivity index (χ2n) is 17.6. The zero-order chi connectivity index (χ0) is 42.4. The van der Waals surface area contributed by atoms with Crippen LogP contribution in [0.1, 0.15) is 271 Å². The number of ether oxygens (including phenoxy) is 1. The number of allylic oxidation sites excluding steroid dienone is 4. The first-order valence-electron chi connectivity index (χ1n) is 25.6. The summed E-state index contributed by atoms with van der Waals surface area (Å²) in [5.74, 6) is -0.479. The standard InChI is InChI=1S/C52H99NO5/c1-4-7-10-13-16-19-22-23-24-25-26-27-30-31-34-37-40-43-48(58-52(57)45-42-39-36-33-29-21-18-15-12-9-6-3)46-51(56)53-49(47-54)50(55)44-41-38-35-32-28-20-17-14-11-8-5-2/h15,18,23-24,48-50,54-55H,4-14,16-17,19-22,25-47H2,1-3H3,(H,53,56)/b18-15-,24-23+. The highest BCUT2D eigenvalue weighted by Gasteiger charge is 2.24. The summed E-state index contributed by atoms with van der Waals surface area (Å²) in [6, 6.07) is -0.699. The summed E-state index contributed by atoms with van der Waals surface area (Å²) in [4.78, 5) is 26.1.